The van der Waals surface area contributed by atoms with E-state index in [1.54, 1.807) is 6.07 Å². The highest BCUT2D eigenvalue weighted by Gasteiger charge is 2.28. The third-order valence-electron chi connectivity index (χ3n) is 2.96. The highest BCUT2D eigenvalue weighted by molar-refractivity contribution is 8.05. The summed E-state index contributed by atoms with van der Waals surface area (Å²) in [6.07, 6.45) is 0. The van der Waals surface area contributed by atoms with Gasteiger partial charge in [-0.05, 0) is 18.2 Å². The van der Waals surface area contributed by atoms with Crippen molar-refractivity contribution in [1.29, 1.82) is 0 Å². The molecule has 94 valence electrons. The number of benzene rings is 2. The number of hydrogen-bond acceptors (Lipinski definition) is 3. The molecule has 0 saturated heterocycles. The predicted molar refractivity (Wildman–Crippen MR) is 79.2 cm³/mol. The summed E-state index contributed by atoms with van der Waals surface area (Å²) in [6.45, 7) is 0. The van der Waals surface area contributed by atoms with E-state index < -0.39 is 0 Å². The van der Waals surface area contributed by atoms with Crippen LogP contribution in [-0.4, -0.2) is 5.78 Å². The van der Waals surface area contributed by atoms with Gasteiger partial charge in [-0.15, -0.1) is 0 Å². The van der Waals surface area contributed by atoms with E-state index in [0.29, 0.717) is 26.8 Å². The van der Waals surface area contributed by atoms with Gasteiger partial charge in [0.1, 0.15) is 0 Å². The maximum Gasteiger partial charge on any atom is 0.202 e. The van der Waals surface area contributed by atoms with E-state index in [4.69, 9.17) is 17.3 Å². The summed E-state index contributed by atoms with van der Waals surface area (Å²) < 4.78 is 0. The van der Waals surface area contributed by atoms with Crippen LogP contribution in [0.25, 0.3) is 5.70 Å². The molecule has 0 amide bonds. The van der Waals surface area contributed by atoms with E-state index in [0.717, 1.165) is 4.90 Å². The Balaban J connectivity index is 2.12. The van der Waals surface area contributed by atoms with Crippen molar-refractivity contribution in [1.82, 2.24) is 0 Å². The lowest BCUT2D eigenvalue weighted by atomic mass is 10.1. The molecule has 0 aliphatic carbocycles. The van der Waals surface area contributed by atoms with Crippen LogP contribution in [0.1, 0.15) is 15.9 Å². The first-order valence-electron chi connectivity index (χ1n) is 5.74. The van der Waals surface area contributed by atoms with Crippen LogP contribution in [0, 0.1) is 0 Å². The third-order valence-corrected chi connectivity index (χ3v) is 4.47. The minimum atomic E-state index is -0.0296. The molecule has 1 aliphatic heterocycles. The molecule has 0 radical (unpaired) electrons. The number of hydrogen-bond donors (Lipinski definition) is 1. The molecule has 2 aromatic rings. The van der Waals surface area contributed by atoms with Crippen LogP contribution >= 0.6 is 23.4 Å². The third kappa shape index (κ3) is 2.05. The van der Waals surface area contributed by atoms with E-state index in [1.807, 2.05) is 42.5 Å². The van der Waals surface area contributed by atoms with Gasteiger partial charge >= 0.3 is 0 Å². The van der Waals surface area contributed by atoms with Gasteiger partial charge in [-0.3, -0.25) is 4.79 Å². The van der Waals surface area contributed by atoms with Gasteiger partial charge in [0.15, 0.2) is 0 Å². The Morgan fingerprint density at radius 3 is 2.47 bits per heavy atom. The Morgan fingerprint density at radius 1 is 1.05 bits per heavy atom. The van der Waals surface area contributed by atoms with Crippen molar-refractivity contribution < 1.29 is 4.79 Å². The molecule has 0 atom stereocenters. The second-order valence-electron chi connectivity index (χ2n) is 4.15. The van der Waals surface area contributed by atoms with Crippen LogP contribution in [0.3, 0.4) is 0 Å². The Labute approximate surface area is 120 Å². The van der Waals surface area contributed by atoms with Crippen molar-refractivity contribution in [2.24, 2.45) is 5.73 Å². The quantitative estimate of drug-likeness (QED) is 0.808. The number of Topliss-reactive ketones (excluding diaryl/α,β-unsaturated/α-hetero) is 1. The summed E-state index contributed by atoms with van der Waals surface area (Å²) in [7, 11) is 0. The van der Waals surface area contributed by atoms with Crippen LogP contribution in [0.15, 0.2) is 58.3 Å². The Bertz CT molecular complexity index is 709. The van der Waals surface area contributed by atoms with Crippen molar-refractivity contribution in [3.05, 3.63) is 69.6 Å². The molecule has 0 unspecified atom stereocenters. The Morgan fingerprint density at radius 2 is 1.74 bits per heavy atom. The van der Waals surface area contributed by atoms with Gasteiger partial charge in [0, 0.05) is 21.0 Å². The van der Waals surface area contributed by atoms with E-state index >= 15 is 0 Å². The summed E-state index contributed by atoms with van der Waals surface area (Å²) in [4.78, 5) is 13.8. The van der Waals surface area contributed by atoms with Crippen molar-refractivity contribution in [2.75, 3.05) is 0 Å². The second kappa shape index (κ2) is 4.76. The zero-order chi connectivity index (χ0) is 13.4. The lowest BCUT2D eigenvalue weighted by Crippen LogP contribution is -2.05. The number of allylic oxidation sites excluding steroid dienone is 1. The molecule has 0 saturated carbocycles. The lowest BCUT2D eigenvalue weighted by molar-refractivity contribution is 0.104. The summed E-state index contributed by atoms with van der Waals surface area (Å²) in [5, 5.41) is 0.553. The van der Waals surface area contributed by atoms with Crippen LogP contribution in [-0.2, 0) is 0 Å². The molecule has 2 N–H and O–H groups in total. The monoisotopic (exact) mass is 287 g/mol. The number of carbonyl (C=O) groups excluding carboxylic acids is 1. The number of halogens is 1. The summed E-state index contributed by atoms with van der Waals surface area (Å²) in [5.74, 6) is -0.0296. The fraction of sp³-hybridized carbons (Fsp3) is 0. The topological polar surface area (TPSA) is 43.1 Å². The van der Waals surface area contributed by atoms with E-state index in [2.05, 4.69) is 0 Å². The lowest BCUT2D eigenvalue weighted by Gasteiger charge is -2.06. The summed E-state index contributed by atoms with van der Waals surface area (Å²) >= 11 is 7.52. The van der Waals surface area contributed by atoms with Crippen molar-refractivity contribution >= 4 is 34.8 Å². The first kappa shape index (κ1) is 12.3. The van der Waals surface area contributed by atoms with Gasteiger partial charge in [-0.1, -0.05) is 53.7 Å². The second-order valence-corrected chi connectivity index (χ2v) is 5.61. The molecule has 1 heterocycles. The van der Waals surface area contributed by atoms with Crippen molar-refractivity contribution in [3.63, 3.8) is 0 Å². The smallest absolute Gasteiger partial charge is 0.202 e. The van der Waals surface area contributed by atoms with Crippen molar-refractivity contribution in [2.45, 2.75) is 4.90 Å². The number of thioether (sulfide) groups is 1. The van der Waals surface area contributed by atoms with Crippen LogP contribution in [0.5, 0.6) is 0 Å². The fourth-order valence-corrected chi connectivity index (χ4v) is 3.30. The van der Waals surface area contributed by atoms with Crippen molar-refractivity contribution in [3.8, 4) is 0 Å². The zero-order valence-electron chi connectivity index (χ0n) is 9.89. The number of carbonyl (C=O) groups is 1. The SMILES string of the molecule is N/C(=C1/Sc2ccccc2C1=O)c1ccccc1Cl. The van der Waals surface area contributed by atoms with Crippen LogP contribution < -0.4 is 5.73 Å². The zero-order valence-corrected chi connectivity index (χ0v) is 11.5. The Hall–Kier alpha value is -1.71. The van der Waals surface area contributed by atoms with E-state index in [1.165, 1.54) is 11.8 Å². The predicted octanol–water partition coefficient (Wildman–Crippen LogP) is 3.96. The normalized spacial score (nSPS) is 16.4. The van der Waals surface area contributed by atoms with Gasteiger partial charge in [0.05, 0.1) is 10.6 Å². The van der Waals surface area contributed by atoms with E-state index in [9.17, 15) is 4.79 Å². The van der Waals surface area contributed by atoms with Gasteiger partial charge in [0.2, 0.25) is 5.78 Å². The molecule has 2 aromatic carbocycles. The van der Waals surface area contributed by atoms with Gasteiger partial charge in [-0.2, -0.15) is 0 Å². The van der Waals surface area contributed by atoms with Gasteiger partial charge in [0.25, 0.3) is 0 Å². The van der Waals surface area contributed by atoms with Gasteiger partial charge in [-0.25, -0.2) is 0 Å². The number of ketones is 1. The van der Waals surface area contributed by atoms with Gasteiger partial charge < -0.3 is 5.73 Å². The highest BCUT2D eigenvalue weighted by Crippen LogP contribution is 2.42. The molecular formula is C15H10ClNOS. The first-order chi connectivity index (χ1) is 9.18. The molecule has 0 fully saturated rings. The minimum absolute atomic E-state index is 0.0296. The van der Waals surface area contributed by atoms with Crippen LogP contribution in [0.4, 0.5) is 0 Å². The molecular weight excluding hydrogens is 278 g/mol. The summed E-state index contributed by atoms with van der Waals surface area (Å²) in [6, 6.07) is 14.8. The van der Waals surface area contributed by atoms with E-state index in [-0.39, 0.29) is 5.78 Å². The molecule has 0 bridgehead atoms. The molecule has 19 heavy (non-hydrogen) atoms. The number of fused-ring (bicyclic) bond motifs is 1. The Kier molecular flexibility index (Phi) is 3.09. The maximum absolute atomic E-state index is 12.3. The average molecular weight is 288 g/mol. The highest BCUT2D eigenvalue weighted by atomic mass is 35.5. The minimum Gasteiger partial charge on any atom is -0.397 e. The molecule has 0 spiro atoms. The fourth-order valence-electron chi connectivity index (χ4n) is 2.00. The number of rotatable bonds is 1. The molecule has 2 nitrogen and oxygen atoms in total. The molecule has 3 rings (SSSR count). The first-order valence-corrected chi connectivity index (χ1v) is 6.94. The molecule has 4 heteroatoms. The average Bonchev–Trinajstić information content (AvgIpc) is 2.77. The molecule has 0 aromatic heterocycles. The van der Waals surface area contributed by atoms with Crippen LogP contribution in [0.2, 0.25) is 5.02 Å². The summed E-state index contributed by atoms with van der Waals surface area (Å²) in [5.41, 5.74) is 7.97. The standard InChI is InChI=1S/C15H10ClNOS/c16-11-7-3-1-5-9(11)13(17)15-14(18)10-6-2-4-8-12(10)19-15/h1-8H,17H2/b15-13+. The molecule has 1 aliphatic rings. The maximum atomic E-state index is 12.3. The number of nitrogens with two attached hydrogens (primary N) is 1. The largest absolute Gasteiger partial charge is 0.397 e.